The van der Waals surface area contributed by atoms with Crippen molar-refractivity contribution < 1.29 is 39.5 Å². The summed E-state index contributed by atoms with van der Waals surface area (Å²) >= 11 is 0. The van der Waals surface area contributed by atoms with E-state index >= 15 is 0 Å². The van der Waals surface area contributed by atoms with E-state index in [1.807, 2.05) is 0 Å². The van der Waals surface area contributed by atoms with Gasteiger partial charge in [-0.1, -0.05) is 24.3 Å². The summed E-state index contributed by atoms with van der Waals surface area (Å²) < 4.78 is 8.78. The summed E-state index contributed by atoms with van der Waals surface area (Å²) in [5, 5.41) is 36.3. The standard InChI is InChI=1S/C13H18O8/c1-7-4-5-8(10(14)20-12(2,16)17)9(6-7)11(15)21-13(3,18)19/h4-5,8-9,16-19H,1,6H2,2-3H3. The molecule has 0 saturated carbocycles. The molecule has 1 aliphatic rings. The Morgan fingerprint density at radius 3 is 2.10 bits per heavy atom. The lowest BCUT2D eigenvalue weighted by Gasteiger charge is -2.29. The number of allylic oxidation sites excluding steroid dienone is 2. The lowest BCUT2D eigenvalue weighted by Crippen LogP contribution is -2.41. The summed E-state index contributed by atoms with van der Waals surface area (Å²) in [6, 6.07) is 0. The van der Waals surface area contributed by atoms with Gasteiger partial charge in [-0.15, -0.1) is 0 Å². The van der Waals surface area contributed by atoms with E-state index in [1.165, 1.54) is 12.2 Å². The van der Waals surface area contributed by atoms with Gasteiger partial charge in [-0.2, -0.15) is 0 Å². The number of esters is 2. The third-order valence-corrected chi connectivity index (χ3v) is 2.62. The van der Waals surface area contributed by atoms with E-state index in [2.05, 4.69) is 16.1 Å². The third kappa shape index (κ3) is 5.64. The number of ether oxygens (including phenoxy) is 2. The predicted molar refractivity (Wildman–Crippen MR) is 67.7 cm³/mol. The molecule has 0 bridgehead atoms. The first-order valence-corrected chi connectivity index (χ1v) is 6.10. The molecule has 0 heterocycles. The Kier molecular flexibility index (Phi) is 4.90. The van der Waals surface area contributed by atoms with Crippen molar-refractivity contribution in [3.8, 4) is 0 Å². The molecule has 0 amide bonds. The number of aliphatic hydroxyl groups is 4. The van der Waals surface area contributed by atoms with Crippen LogP contribution in [0.25, 0.3) is 0 Å². The van der Waals surface area contributed by atoms with Gasteiger partial charge >= 0.3 is 23.9 Å². The van der Waals surface area contributed by atoms with Crippen molar-refractivity contribution in [3.63, 3.8) is 0 Å². The lowest BCUT2D eigenvalue weighted by atomic mass is 9.82. The molecule has 0 radical (unpaired) electrons. The van der Waals surface area contributed by atoms with Crippen molar-refractivity contribution in [1.29, 1.82) is 0 Å². The summed E-state index contributed by atoms with van der Waals surface area (Å²) in [4.78, 5) is 23.7. The second kappa shape index (κ2) is 5.94. The van der Waals surface area contributed by atoms with Crippen LogP contribution in [0, 0.1) is 11.8 Å². The van der Waals surface area contributed by atoms with Crippen molar-refractivity contribution in [1.82, 2.24) is 0 Å². The van der Waals surface area contributed by atoms with Crippen LogP contribution in [0.4, 0.5) is 0 Å². The maximum absolute atomic E-state index is 11.9. The fourth-order valence-electron chi connectivity index (χ4n) is 1.85. The molecule has 8 heteroatoms. The largest absolute Gasteiger partial charge is 0.408 e. The van der Waals surface area contributed by atoms with Gasteiger partial charge in [0.2, 0.25) is 0 Å². The molecular formula is C13H18O8. The van der Waals surface area contributed by atoms with Crippen LogP contribution in [-0.4, -0.2) is 44.3 Å². The average molecular weight is 302 g/mol. The van der Waals surface area contributed by atoms with E-state index in [9.17, 15) is 9.59 Å². The van der Waals surface area contributed by atoms with Gasteiger partial charge in [-0.05, 0) is 6.42 Å². The zero-order valence-corrected chi connectivity index (χ0v) is 11.6. The summed E-state index contributed by atoms with van der Waals surface area (Å²) in [7, 11) is 0. The van der Waals surface area contributed by atoms with Crippen molar-refractivity contribution in [2.24, 2.45) is 11.8 Å². The lowest BCUT2D eigenvalue weighted by molar-refractivity contribution is -0.314. The fourth-order valence-corrected chi connectivity index (χ4v) is 1.85. The normalized spacial score (nSPS) is 22.9. The van der Waals surface area contributed by atoms with Crippen LogP contribution in [-0.2, 0) is 19.1 Å². The number of hydrogen-bond acceptors (Lipinski definition) is 8. The minimum absolute atomic E-state index is 0.0265. The molecule has 8 nitrogen and oxygen atoms in total. The molecule has 2 unspecified atom stereocenters. The summed E-state index contributed by atoms with van der Waals surface area (Å²) in [6.07, 6.45) is 2.82. The van der Waals surface area contributed by atoms with Crippen LogP contribution in [0.2, 0.25) is 0 Å². The topological polar surface area (TPSA) is 134 Å². The molecule has 0 fully saturated rings. The van der Waals surface area contributed by atoms with Gasteiger partial charge in [0.15, 0.2) is 0 Å². The quantitative estimate of drug-likeness (QED) is 0.389. The zero-order chi connectivity index (χ0) is 16.4. The van der Waals surface area contributed by atoms with E-state index in [4.69, 9.17) is 20.4 Å². The molecule has 1 rings (SSSR count). The molecule has 1 aliphatic carbocycles. The second-order valence-electron chi connectivity index (χ2n) is 5.06. The highest BCUT2D eigenvalue weighted by atomic mass is 16.8. The van der Waals surface area contributed by atoms with Crippen molar-refractivity contribution >= 4 is 11.9 Å². The van der Waals surface area contributed by atoms with Crippen molar-refractivity contribution in [2.45, 2.75) is 32.2 Å². The Morgan fingerprint density at radius 1 is 1.14 bits per heavy atom. The molecule has 118 valence electrons. The maximum Gasteiger partial charge on any atom is 0.321 e. The Hall–Kier alpha value is -1.74. The van der Waals surface area contributed by atoms with Crippen molar-refractivity contribution in [3.05, 3.63) is 24.3 Å². The predicted octanol–water partition coefficient (Wildman–Crippen LogP) is -0.862. The molecule has 0 aromatic rings. The Balaban J connectivity index is 2.93. The molecule has 0 aliphatic heterocycles. The summed E-state index contributed by atoms with van der Waals surface area (Å²) in [6.45, 7) is 5.31. The van der Waals surface area contributed by atoms with E-state index in [-0.39, 0.29) is 6.42 Å². The highest BCUT2D eigenvalue weighted by Crippen LogP contribution is 2.31. The average Bonchev–Trinajstić information content (AvgIpc) is 2.23. The van der Waals surface area contributed by atoms with Crippen LogP contribution in [0.1, 0.15) is 20.3 Å². The highest BCUT2D eigenvalue weighted by Gasteiger charge is 2.40. The van der Waals surface area contributed by atoms with Crippen LogP contribution in [0.3, 0.4) is 0 Å². The first-order valence-electron chi connectivity index (χ1n) is 6.10. The second-order valence-corrected chi connectivity index (χ2v) is 5.06. The van der Waals surface area contributed by atoms with Gasteiger partial charge in [0, 0.05) is 13.8 Å². The van der Waals surface area contributed by atoms with Gasteiger partial charge in [0.1, 0.15) is 0 Å². The monoisotopic (exact) mass is 302 g/mol. The fraction of sp³-hybridized carbons (Fsp3) is 0.538. The van der Waals surface area contributed by atoms with E-state index in [0.29, 0.717) is 5.57 Å². The maximum atomic E-state index is 11.9. The molecule has 0 spiro atoms. The molecular weight excluding hydrogens is 284 g/mol. The van der Waals surface area contributed by atoms with Gasteiger partial charge in [-0.3, -0.25) is 9.59 Å². The number of rotatable bonds is 4. The Morgan fingerprint density at radius 2 is 1.62 bits per heavy atom. The van der Waals surface area contributed by atoms with Crippen LogP contribution >= 0.6 is 0 Å². The minimum atomic E-state index is -2.68. The minimum Gasteiger partial charge on any atom is -0.408 e. The first-order chi connectivity index (χ1) is 9.39. The van der Waals surface area contributed by atoms with Crippen LogP contribution < -0.4 is 0 Å². The first kappa shape index (κ1) is 17.3. The van der Waals surface area contributed by atoms with Gasteiger partial charge in [-0.25, -0.2) is 0 Å². The highest BCUT2D eigenvalue weighted by molar-refractivity contribution is 5.84. The number of carbonyl (C=O) groups is 2. The molecule has 0 aromatic carbocycles. The molecule has 4 N–H and O–H groups in total. The SMILES string of the molecule is C=C1C=CC(C(=O)OC(C)(O)O)C(C(=O)OC(C)(O)O)C1. The van der Waals surface area contributed by atoms with Gasteiger partial charge < -0.3 is 29.9 Å². The number of carbonyl (C=O) groups excluding carboxylic acids is 2. The molecule has 0 saturated heterocycles. The van der Waals surface area contributed by atoms with E-state index < -0.39 is 35.7 Å². The molecule has 21 heavy (non-hydrogen) atoms. The van der Waals surface area contributed by atoms with Crippen LogP contribution in [0.5, 0.6) is 0 Å². The van der Waals surface area contributed by atoms with E-state index in [1.54, 1.807) is 0 Å². The summed E-state index contributed by atoms with van der Waals surface area (Å²) in [5.41, 5.74) is 0.523. The van der Waals surface area contributed by atoms with Crippen LogP contribution in [0.15, 0.2) is 24.3 Å². The van der Waals surface area contributed by atoms with Gasteiger partial charge in [0.25, 0.3) is 0 Å². The molecule has 2 atom stereocenters. The van der Waals surface area contributed by atoms with Gasteiger partial charge in [0.05, 0.1) is 11.8 Å². The zero-order valence-electron chi connectivity index (χ0n) is 11.6. The molecule has 0 aromatic heterocycles. The number of hydrogen-bond donors (Lipinski definition) is 4. The summed E-state index contributed by atoms with van der Waals surface area (Å²) in [5.74, 6) is -9.76. The Bertz CT molecular complexity index is 466. The van der Waals surface area contributed by atoms with Crippen molar-refractivity contribution in [2.75, 3.05) is 0 Å². The Labute approximate surface area is 120 Å². The third-order valence-electron chi connectivity index (χ3n) is 2.62. The smallest absolute Gasteiger partial charge is 0.321 e. The van der Waals surface area contributed by atoms with E-state index in [0.717, 1.165) is 13.8 Å².